The monoisotopic (exact) mass is 297 g/mol. The first-order valence-electron chi connectivity index (χ1n) is 6.56. The van der Waals surface area contributed by atoms with Gasteiger partial charge < -0.3 is 4.74 Å². The van der Waals surface area contributed by atoms with Crippen LogP contribution < -0.4 is 0 Å². The summed E-state index contributed by atoms with van der Waals surface area (Å²) in [6.07, 6.45) is 0. The zero-order valence-electron chi connectivity index (χ0n) is 11.7. The van der Waals surface area contributed by atoms with E-state index in [1.807, 2.05) is 37.3 Å². The lowest BCUT2D eigenvalue weighted by molar-refractivity contribution is -0.143. The van der Waals surface area contributed by atoms with Gasteiger partial charge in [0.15, 0.2) is 0 Å². The molecule has 0 heterocycles. The Bertz CT molecular complexity index is 632. The van der Waals surface area contributed by atoms with Crippen molar-refractivity contribution in [1.29, 1.82) is 5.26 Å². The lowest BCUT2D eigenvalue weighted by atomic mass is 10.2. The van der Waals surface area contributed by atoms with Gasteiger partial charge in [-0.15, -0.1) is 11.8 Å². The molecule has 0 radical (unpaired) electrons. The van der Waals surface area contributed by atoms with Gasteiger partial charge in [-0.3, -0.25) is 4.79 Å². The van der Waals surface area contributed by atoms with E-state index < -0.39 is 0 Å². The lowest BCUT2D eigenvalue weighted by Gasteiger charge is -2.11. The number of carbonyl (C=O) groups excluding carboxylic acids is 1. The molecule has 21 heavy (non-hydrogen) atoms. The fraction of sp³-hybridized carbons (Fsp3) is 0.176. The van der Waals surface area contributed by atoms with Crippen LogP contribution in [0.15, 0.2) is 59.5 Å². The largest absolute Gasteiger partial charge is 0.460 e. The number of esters is 1. The van der Waals surface area contributed by atoms with Gasteiger partial charge >= 0.3 is 5.97 Å². The Morgan fingerprint density at radius 3 is 2.48 bits per heavy atom. The summed E-state index contributed by atoms with van der Waals surface area (Å²) in [5.41, 5.74) is 1.47. The molecule has 4 heteroatoms. The summed E-state index contributed by atoms with van der Waals surface area (Å²) >= 11 is 1.48. The summed E-state index contributed by atoms with van der Waals surface area (Å²) in [5.74, 6) is -0.242. The molecule has 0 saturated carbocycles. The van der Waals surface area contributed by atoms with E-state index in [9.17, 15) is 4.79 Å². The van der Waals surface area contributed by atoms with Crippen LogP contribution >= 0.6 is 11.8 Å². The molecule has 0 fully saturated rings. The molecule has 3 nitrogen and oxygen atoms in total. The molecule has 0 unspecified atom stereocenters. The molecule has 0 N–H and O–H groups in total. The molecule has 0 saturated heterocycles. The molecule has 0 aliphatic carbocycles. The van der Waals surface area contributed by atoms with Gasteiger partial charge in [0.05, 0.1) is 11.6 Å². The molecule has 2 rings (SSSR count). The van der Waals surface area contributed by atoms with Crippen LogP contribution in [0.25, 0.3) is 0 Å². The summed E-state index contributed by atoms with van der Waals surface area (Å²) in [7, 11) is 0. The second kappa shape index (κ2) is 7.51. The number of carbonyl (C=O) groups is 1. The van der Waals surface area contributed by atoms with Crippen LogP contribution in [0, 0.1) is 11.3 Å². The molecule has 0 aliphatic rings. The Labute approximate surface area is 128 Å². The average molecular weight is 297 g/mol. The maximum atomic E-state index is 11.9. The minimum atomic E-state index is -0.259. The third-order valence-electron chi connectivity index (χ3n) is 2.85. The van der Waals surface area contributed by atoms with Crippen LogP contribution in [0.2, 0.25) is 0 Å². The molecule has 2 aromatic rings. The minimum absolute atomic E-state index is 0.226. The van der Waals surface area contributed by atoms with Crippen molar-refractivity contribution < 1.29 is 9.53 Å². The highest BCUT2D eigenvalue weighted by atomic mass is 32.2. The normalized spacial score (nSPS) is 11.4. The molecule has 0 amide bonds. The highest BCUT2D eigenvalue weighted by molar-refractivity contribution is 8.00. The summed E-state index contributed by atoms with van der Waals surface area (Å²) in [4.78, 5) is 13.0. The maximum Gasteiger partial charge on any atom is 0.319 e. The summed E-state index contributed by atoms with van der Waals surface area (Å²) in [6.45, 7) is 2.06. The predicted molar refractivity (Wildman–Crippen MR) is 82.7 cm³/mol. The van der Waals surface area contributed by atoms with Gasteiger partial charge in [0.2, 0.25) is 0 Å². The van der Waals surface area contributed by atoms with Gasteiger partial charge in [-0.1, -0.05) is 30.3 Å². The van der Waals surface area contributed by atoms with E-state index in [4.69, 9.17) is 10.00 Å². The van der Waals surface area contributed by atoms with Gasteiger partial charge in [0, 0.05) is 4.90 Å². The van der Waals surface area contributed by atoms with E-state index in [1.54, 1.807) is 24.3 Å². The topological polar surface area (TPSA) is 50.1 Å². The molecule has 0 aliphatic heterocycles. The number of rotatable bonds is 5. The molecule has 0 aromatic heterocycles. The highest BCUT2D eigenvalue weighted by Crippen LogP contribution is 2.23. The zero-order chi connectivity index (χ0) is 15.1. The first-order chi connectivity index (χ1) is 10.2. The molecule has 1 atom stereocenters. The van der Waals surface area contributed by atoms with Crippen LogP contribution in [-0.2, 0) is 16.1 Å². The standard InChI is InChI=1S/C17H15NO2S/c1-13(21-16-5-3-2-4-6-16)17(19)20-12-15-9-7-14(11-18)8-10-15/h2-10,13H,12H2,1H3/t13-/m1/s1. The van der Waals surface area contributed by atoms with Crippen molar-refractivity contribution in [3.8, 4) is 6.07 Å². The van der Waals surface area contributed by atoms with Crippen LogP contribution in [0.1, 0.15) is 18.1 Å². The lowest BCUT2D eigenvalue weighted by Crippen LogP contribution is -2.16. The minimum Gasteiger partial charge on any atom is -0.460 e. The van der Waals surface area contributed by atoms with E-state index in [1.165, 1.54) is 11.8 Å². The van der Waals surface area contributed by atoms with Gasteiger partial charge in [-0.05, 0) is 36.8 Å². The molecule has 2 aromatic carbocycles. The smallest absolute Gasteiger partial charge is 0.319 e. The first-order valence-corrected chi connectivity index (χ1v) is 7.44. The Morgan fingerprint density at radius 1 is 1.19 bits per heavy atom. The Hall–Kier alpha value is -2.25. The second-order valence-electron chi connectivity index (χ2n) is 4.49. The van der Waals surface area contributed by atoms with Crippen LogP contribution in [0.4, 0.5) is 0 Å². The van der Waals surface area contributed by atoms with Crippen molar-refractivity contribution in [3.63, 3.8) is 0 Å². The van der Waals surface area contributed by atoms with Crippen LogP contribution in [0.3, 0.4) is 0 Å². The SMILES string of the molecule is C[C@@H](Sc1ccccc1)C(=O)OCc1ccc(C#N)cc1. The van der Waals surface area contributed by atoms with E-state index in [0.717, 1.165) is 10.5 Å². The fourth-order valence-electron chi connectivity index (χ4n) is 1.70. The second-order valence-corrected chi connectivity index (χ2v) is 5.90. The highest BCUT2D eigenvalue weighted by Gasteiger charge is 2.15. The molecular weight excluding hydrogens is 282 g/mol. The Kier molecular flexibility index (Phi) is 5.42. The van der Waals surface area contributed by atoms with Crippen molar-refractivity contribution in [1.82, 2.24) is 0 Å². The van der Waals surface area contributed by atoms with E-state index >= 15 is 0 Å². The predicted octanol–water partition coefficient (Wildman–Crippen LogP) is 3.78. The summed E-state index contributed by atoms with van der Waals surface area (Å²) in [6, 6.07) is 18.8. The Balaban J connectivity index is 1.84. The first kappa shape index (κ1) is 15.1. The van der Waals surface area contributed by atoms with Gasteiger partial charge in [0.1, 0.15) is 11.9 Å². The van der Waals surface area contributed by atoms with Crippen molar-refractivity contribution in [2.75, 3.05) is 0 Å². The molecule has 0 spiro atoms. The number of benzene rings is 2. The quantitative estimate of drug-likeness (QED) is 0.622. The number of thioether (sulfide) groups is 1. The van der Waals surface area contributed by atoms with Crippen molar-refractivity contribution in [2.24, 2.45) is 0 Å². The molecule has 0 bridgehead atoms. The van der Waals surface area contributed by atoms with Crippen LogP contribution in [0.5, 0.6) is 0 Å². The van der Waals surface area contributed by atoms with E-state index in [2.05, 4.69) is 6.07 Å². The van der Waals surface area contributed by atoms with Crippen molar-refractivity contribution >= 4 is 17.7 Å². The number of nitrogens with zero attached hydrogens (tertiary/aromatic N) is 1. The third kappa shape index (κ3) is 4.66. The number of hydrogen-bond donors (Lipinski definition) is 0. The fourth-order valence-corrected chi connectivity index (χ4v) is 2.59. The van der Waals surface area contributed by atoms with E-state index in [0.29, 0.717) is 5.56 Å². The third-order valence-corrected chi connectivity index (χ3v) is 3.94. The van der Waals surface area contributed by atoms with Gasteiger partial charge in [-0.25, -0.2) is 0 Å². The molecular formula is C17H15NO2S. The number of ether oxygens (including phenoxy) is 1. The summed E-state index contributed by atoms with van der Waals surface area (Å²) < 4.78 is 5.29. The van der Waals surface area contributed by atoms with Gasteiger partial charge in [-0.2, -0.15) is 5.26 Å². The number of nitriles is 1. The molecule has 106 valence electrons. The van der Waals surface area contributed by atoms with E-state index in [-0.39, 0.29) is 17.8 Å². The Morgan fingerprint density at radius 2 is 1.86 bits per heavy atom. The van der Waals surface area contributed by atoms with Crippen molar-refractivity contribution in [3.05, 3.63) is 65.7 Å². The van der Waals surface area contributed by atoms with Crippen molar-refractivity contribution in [2.45, 2.75) is 23.7 Å². The zero-order valence-corrected chi connectivity index (χ0v) is 12.5. The van der Waals surface area contributed by atoms with Gasteiger partial charge in [0.25, 0.3) is 0 Å². The average Bonchev–Trinajstić information content (AvgIpc) is 2.54. The number of hydrogen-bond acceptors (Lipinski definition) is 4. The van der Waals surface area contributed by atoms with Crippen LogP contribution in [-0.4, -0.2) is 11.2 Å². The maximum absolute atomic E-state index is 11.9. The summed E-state index contributed by atoms with van der Waals surface area (Å²) in [5, 5.41) is 8.46.